The molecule has 1 aromatic heterocycles. The van der Waals surface area contributed by atoms with Gasteiger partial charge in [0.2, 0.25) is 0 Å². The number of hydrogen-bond acceptors (Lipinski definition) is 3. The standard InChI is InChI=1S/C9H7F3N2O.C5H11N/c1-4-13-5-2-3-6(15)7(8(5)14-4)9(10,11)12;1-6-4-2-3-5-6/h2-3,15H,1H3,(H,13,14);2-5H2,1H3. The average Bonchev–Trinajstić information content (AvgIpc) is 2.96. The summed E-state index contributed by atoms with van der Waals surface area (Å²) < 4.78 is 37.7. The van der Waals surface area contributed by atoms with Crippen LogP contribution in [0.15, 0.2) is 12.1 Å². The van der Waals surface area contributed by atoms with Crippen LogP contribution in [0.4, 0.5) is 13.2 Å². The molecule has 0 atom stereocenters. The second-order valence-electron chi connectivity index (χ2n) is 5.19. The van der Waals surface area contributed by atoms with Crippen LogP contribution in [0, 0.1) is 6.92 Å². The predicted octanol–water partition coefficient (Wildman–Crippen LogP) is 3.31. The van der Waals surface area contributed by atoms with Crippen LogP contribution in [-0.4, -0.2) is 40.1 Å². The third-order valence-electron chi connectivity index (χ3n) is 3.36. The highest BCUT2D eigenvalue weighted by atomic mass is 19.4. The quantitative estimate of drug-likeness (QED) is 0.785. The van der Waals surface area contributed by atoms with Crippen molar-refractivity contribution < 1.29 is 18.3 Å². The smallest absolute Gasteiger partial charge is 0.422 e. The number of H-pyrrole nitrogens is 1. The zero-order valence-corrected chi connectivity index (χ0v) is 12.0. The van der Waals surface area contributed by atoms with Crippen molar-refractivity contribution in [1.82, 2.24) is 14.9 Å². The topological polar surface area (TPSA) is 52.1 Å². The molecule has 1 saturated heterocycles. The number of nitrogens with zero attached hydrogens (tertiary/aromatic N) is 2. The molecule has 0 radical (unpaired) electrons. The molecular weight excluding hydrogens is 283 g/mol. The Balaban J connectivity index is 0.000000225. The lowest BCUT2D eigenvalue weighted by Gasteiger charge is -2.08. The van der Waals surface area contributed by atoms with Crippen LogP contribution in [0.2, 0.25) is 0 Å². The number of alkyl halides is 3. The molecule has 0 amide bonds. The summed E-state index contributed by atoms with van der Waals surface area (Å²) >= 11 is 0. The maximum atomic E-state index is 12.6. The van der Waals surface area contributed by atoms with Crippen molar-refractivity contribution in [3.05, 3.63) is 23.5 Å². The summed E-state index contributed by atoms with van der Waals surface area (Å²) in [6.45, 7) is 4.19. The number of halogens is 3. The van der Waals surface area contributed by atoms with E-state index in [0.29, 0.717) is 5.82 Å². The molecule has 2 aromatic rings. The van der Waals surface area contributed by atoms with E-state index in [1.165, 1.54) is 32.0 Å². The summed E-state index contributed by atoms with van der Waals surface area (Å²) in [5.74, 6) is -0.428. The minimum Gasteiger partial charge on any atom is -0.507 e. The minimum atomic E-state index is -4.61. The number of phenolic OH excluding ortho intramolecular Hbond substituents is 1. The van der Waals surface area contributed by atoms with Crippen molar-refractivity contribution in [2.45, 2.75) is 25.9 Å². The SMILES string of the molecule is CN1CCCC1.Cc1nc2c(C(F)(F)F)c(O)ccc2[nH]1. The van der Waals surface area contributed by atoms with Gasteiger partial charge in [-0.15, -0.1) is 0 Å². The molecule has 0 saturated carbocycles. The largest absolute Gasteiger partial charge is 0.507 e. The highest BCUT2D eigenvalue weighted by molar-refractivity contribution is 5.81. The highest BCUT2D eigenvalue weighted by Gasteiger charge is 2.37. The number of nitrogens with one attached hydrogen (secondary N) is 1. The Morgan fingerprint density at radius 3 is 2.33 bits per heavy atom. The number of benzene rings is 1. The number of aryl methyl sites for hydroxylation is 1. The molecule has 21 heavy (non-hydrogen) atoms. The minimum absolute atomic E-state index is 0.250. The van der Waals surface area contributed by atoms with Crippen LogP contribution in [0.3, 0.4) is 0 Å². The monoisotopic (exact) mass is 301 g/mol. The fraction of sp³-hybridized carbons (Fsp3) is 0.500. The van der Waals surface area contributed by atoms with Crippen molar-refractivity contribution in [2.24, 2.45) is 0 Å². The summed E-state index contributed by atoms with van der Waals surface area (Å²) in [6.07, 6.45) is -1.78. The molecule has 0 aliphatic carbocycles. The Bertz CT molecular complexity index is 616. The third kappa shape index (κ3) is 3.66. The van der Waals surface area contributed by atoms with Gasteiger partial charge in [0.25, 0.3) is 0 Å². The lowest BCUT2D eigenvalue weighted by atomic mass is 10.1. The summed E-state index contributed by atoms with van der Waals surface area (Å²) in [4.78, 5) is 8.74. The van der Waals surface area contributed by atoms with E-state index in [1.807, 2.05) is 0 Å². The molecule has 1 aliphatic heterocycles. The molecule has 116 valence electrons. The fourth-order valence-corrected chi connectivity index (χ4v) is 2.34. The van der Waals surface area contributed by atoms with Gasteiger partial charge in [-0.05, 0) is 52.0 Å². The second-order valence-corrected chi connectivity index (χ2v) is 5.19. The van der Waals surface area contributed by atoms with E-state index >= 15 is 0 Å². The first kappa shape index (κ1) is 15.6. The second kappa shape index (κ2) is 5.93. The predicted molar refractivity (Wildman–Crippen MR) is 74.2 cm³/mol. The fourth-order valence-electron chi connectivity index (χ4n) is 2.34. The Morgan fingerprint density at radius 2 is 1.86 bits per heavy atom. The molecule has 4 nitrogen and oxygen atoms in total. The Hall–Kier alpha value is -1.76. The summed E-state index contributed by atoms with van der Waals surface area (Å²) in [6, 6.07) is 2.36. The van der Waals surface area contributed by atoms with Gasteiger partial charge >= 0.3 is 6.18 Å². The molecule has 2 heterocycles. The van der Waals surface area contributed by atoms with E-state index in [-0.39, 0.29) is 11.0 Å². The number of rotatable bonds is 0. The molecule has 0 bridgehead atoms. The number of likely N-dealkylation sites (tertiary alicyclic amines) is 1. The Kier molecular flexibility index (Phi) is 4.41. The van der Waals surface area contributed by atoms with Crippen LogP contribution in [0.1, 0.15) is 24.2 Å². The summed E-state index contributed by atoms with van der Waals surface area (Å²) in [5.41, 5.74) is -1.08. The number of aromatic hydroxyl groups is 1. The first-order valence-electron chi connectivity index (χ1n) is 6.73. The maximum absolute atomic E-state index is 12.6. The number of imidazole rings is 1. The first-order valence-corrected chi connectivity index (χ1v) is 6.73. The van der Waals surface area contributed by atoms with Crippen LogP contribution in [-0.2, 0) is 6.18 Å². The lowest BCUT2D eigenvalue weighted by molar-refractivity contribution is -0.137. The van der Waals surface area contributed by atoms with Gasteiger partial charge in [0.05, 0.1) is 5.52 Å². The van der Waals surface area contributed by atoms with Crippen molar-refractivity contribution in [3.8, 4) is 5.75 Å². The summed E-state index contributed by atoms with van der Waals surface area (Å²) in [5, 5.41) is 9.18. The molecule has 0 unspecified atom stereocenters. The maximum Gasteiger partial charge on any atom is 0.422 e. The molecule has 7 heteroatoms. The van der Waals surface area contributed by atoms with E-state index in [2.05, 4.69) is 21.9 Å². The van der Waals surface area contributed by atoms with Gasteiger partial charge in [-0.2, -0.15) is 13.2 Å². The number of fused-ring (bicyclic) bond motifs is 1. The van der Waals surface area contributed by atoms with E-state index in [9.17, 15) is 18.3 Å². The molecular formula is C14H18F3N3O. The van der Waals surface area contributed by atoms with E-state index < -0.39 is 17.5 Å². The van der Waals surface area contributed by atoms with E-state index in [0.717, 1.165) is 6.07 Å². The normalized spacial score (nSPS) is 16.0. The van der Waals surface area contributed by atoms with E-state index in [1.54, 1.807) is 6.92 Å². The first-order chi connectivity index (χ1) is 9.79. The number of phenols is 1. The Morgan fingerprint density at radius 1 is 1.24 bits per heavy atom. The molecule has 0 spiro atoms. The number of aromatic nitrogens is 2. The van der Waals surface area contributed by atoms with Crippen molar-refractivity contribution >= 4 is 11.0 Å². The van der Waals surface area contributed by atoms with Crippen molar-refractivity contribution in [1.29, 1.82) is 0 Å². The van der Waals surface area contributed by atoms with Gasteiger partial charge in [-0.1, -0.05) is 0 Å². The van der Waals surface area contributed by atoms with E-state index in [4.69, 9.17) is 0 Å². The van der Waals surface area contributed by atoms with Crippen LogP contribution in [0.25, 0.3) is 11.0 Å². The molecule has 1 fully saturated rings. The van der Waals surface area contributed by atoms with Gasteiger partial charge < -0.3 is 15.0 Å². The van der Waals surface area contributed by atoms with Crippen LogP contribution >= 0.6 is 0 Å². The number of hydrogen-bond donors (Lipinski definition) is 2. The van der Waals surface area contributed by atoms with Crippen LogP contribution in [0.5, 0.6) is 5.75 Å². The number of aromatic amines is 1. The average molecular weight is 301 g/mol. The molecule has 1 aliphatic rings. The molecule has 1 aromatic carbocycles. The molecule has 3 rings (SSSR count). The highest BCUT2D eigenvalue weighted by Crippen LogP contribution is 2.39. The lowest BCUT2D eigenvalue weighted by Crippen LogP contribution is -2.10. The van der Waals surface area contributed by atoms with Crippen molar-refractivity contribution in [3.63, 3.8) is 0 Å². The van der Waals surface area contributed by atoms with Gasteiger partial charge in [0.15, 0.2) is 0 Å². The zero-order valence-electron chi connectivity index (χ0n) is 12.0. The Labute approximate surface area is 120 Å². The van der Waals surface area contributed by atoms with Gasteiger partial charge in [0, 0.05) is 0 Å². The van der Waals surface area contributed by atoms with Gasteiger partial charge in [-0.3, -0.25) is 0 Å². The molecule has 2 N–H and O–H groups in total. The van der Waals surface area contributed by atoms with Crippen molar-refractivity contribution in [2.75, 3.05) is 20.1 Å². The third-order valence-corrected chi connectivity index (χ3v) is 3.36. The van der Waals surface area contributed by atoms with Crippen LogP contribution < -0.4 is 0 Å². The zero-order chi connectivity index (χ0) is 15.6. The summed E-state index contributed by atoms with van der Waals surface area (Å²) in [7, 11) is 2.17. The van der Waals surface area contributed by atoms with Gasteiger partial charge in [-0.25, -0.2) is 4.98 Å². The van der Waals surface area contributed by atoms with Gasteiger partial charge in [0.1, 0.15) is 22.7 Å².